The maximum Gasteiger partial charge on any atom is 0.252 e. The number of rotatable bonds is 9. The van der Waals surface area contributed by atoms with Crippen molar-refractivity contribution >= 4 is 5.91 Å². The zero-order chi connectivity index (χ0) is 16.5. The second kappa shape index (κ2) is 8.92. The van der Waals surface area contributed by atoms with Gasteiger partial charge in [0.2, 0.25) is 0 Å². The van der Waals surface area contributed by atoms with Gasteiger partial charge in [-0.2, -0.15) is 0 Å². The van der Waals surface area contributed by atoms with E-state index >= 15 is 0 Å². The van der Waals surface area contributed by atoms with Gasteiger partial charge in [0.05, 0.1) is 12.2 Å². The largest absolute Gasteiger partial charge is 0.488 e. The number of hydrogen-bond donors (Lipinski definition) is 1. The van der Waals surface area contributed by atoms with Gasteiger partial charge in [-0.05, 0) is 29.7 Å². The second-order valence-electron chi connectivity index (χ2n) is 5.03. The Kier molecular flexibility index (Phi) is 6.59. The molecule has 2 aromatic carbocycles. The fourth-order valence-electron chi connectivity index (χ4n) is 2.12. The summed E-state index contributed by atoms with van der Waals surface area (Å²) in [5.41, 5.74) is 7.83. The molecule has 0 heterocycles. The minimum absolute atomic E-state index is 0.251. The van der Waals surface area contributed by atoms with E-state index in [4.69, 9.17) is 19.9 Å². The number of carbonyl (C=O) groups is 1. The van der Waals surface area contributed by atoms with Crippen LogP contribution in [0.1, 0.15) is 21.5 Å². The Balaban J connectivity index is 2.02. The zero-order valence-corrected chi connectivity index (χ0v) is 13.2. The van der Waals surface area contributed by atoms with E-state index in [1.165, 1.54) is 0 Å². The third kappa shape index (κ3) is 5.39. The summed E-state index contributed by atoms with van der Waals surface area (Å²) in [7, 11) is 1.57. The first kappa shape index (κ1) is 17.0. The van der Waals surface area contributed by atoms with Crippen molar-refractivity contribution in [1.82, 2.24) is 0 Å². The lowest BCUT2D eigenvalue weighted by molar-refractivity contribution is -0.0291. The molecule has 0 unspecified atom stereocenters. The quantitative estimate of drug-likeness (QED) is 0.570. The Morgan fingerprint density at radius 2 is 1.87 bits per heavy atom. The Hall–Kier alpha value is -2.37. The van der Waals surface area contributed by atoms with Crippen molar-refractivity contribution in [3.8, 4) is 5.75 Å². The molecule has 5 heteroatoms. The fraction of sp³-hybridized carbons (Fsp3) is 0.278. The number of hydrogen-bond acceptors (Lipinski definition) is 4. The van der Waals surface area contributed by atoms with E-state index in [0.29, 0.717) is 30.9 Å². The number of primary amides is 1. The van der Waals surface area contributed by atoms with Gasteiger partial charge in [-0.15, -0.1) is 0 Å². The Bertz CT molecular complexity index is 628. The normalized spacial score (nSPS) is 10.5. The van der Waals surface area contributed by atoms with E-state index in [-0.39, 0.29) is 6.79 Å². The van der Waals surface area contributed by atoms with Crippen LogP contribution in [0.5, 0.6) is 5.75 Å². The SMILES string of the molecule is COCOCCc1ccc(OCc2ccccc2)c(C(N)=O)c1. The molecule has 0 bridgehead atoms. The van der Waals surface area contributed by atoms with Crippen molar-refractivity contribution in [2.24, 2.45) is 5.73 Å². The minimum atomic E-state index is -0.507. The molecule has 0 saturated heterocycles. The van der Waals surface area contributed by atoms with Gasteiger partial charge in [-0.3, -0.25) is 4.79 Å². The highest BCUT2D eigenvalue weighted by Crippen LogP contribution is 2.21. The summed E-state index contributed by atoms with van der Waals surface area (Å²) in [6, 6.07) is 15.2. The highest BCUT2D eigenvalue weighted by molar-refractivity contribution is 5.95. The number of benzene rings is 2. The molecule has 1 amide bonds. The maximum absolute atomic E-state index is 11.7. The van der Waals surface area contributed by atoms with Crippen LogP contribution in [0.15, 0.2) is 48.5 Å². The lowest BCUT2D eigenvalue weighted by Crippen LogP contribution is -2.14. The first-order chi connectivity index (χ1) is 11.2. The molecule has 23 heavy (non-hydrogen) atoms. The molecular formula is C18H21NO4. The topological polar surface area (TPSA) is 70.8 Å². The van der Waals surface area contributed by atoms with Gasteiger partial charge >= 0.3 is 0 Å². The van der Waals surface area contributed by atoms with E-state index in [9.17, 15) is 4.79 Å². The average molecular weight is 315 g/mol. The van der Waals surface area contributed by atoms with Crippen LogP contribution in [0.4, 0.5) is 0 Å². The number of amides is 1. The molecule has 0 atom stereocenters. The summed E-state index contributed by atoms with van der Waals surface area (Å²) >= 11 is 0. The van der Waals surface area contributed by atoms with Crippen molar-refractivity contribution in [2.75, 3.05) is 20.5 Å². The standard InChI is InChI=1S/C18H21NO4/c1-21-13-22-10-9-14-7-8-17(16(11-14)18(19)20)23-12-15-5-3-2-4-6-15/h2-8,11H,9-10,12-13H2,1H3,(H2,19,20). The summed E-state index contributed by atoms with van der Waals surface area (Å²) in [6.07, 6.45) is 0.669. The summed E-state index contributed by atoms with van der Waals surface area (Å²) < 4.78 is 15.8. The molecule has 0 spiro atoms. The molecular weight excluding hydrogens is 294 g/mol. The van der Waals surface area contributed by atoms with Gasteiger partial charge in [0.15, 0.2) is 0 Å². The van der Waals surface area contributed by atoms with Gasteiger partial charge in [0, 0.05) is 7.11 Å². The molecule has 0 aliphatic rings. The summed E-state index contributed by atoms with van der Waals surface area (Å²) in [5, 5.41) is 0. The van der Waals surface area contributed by atoms with Crippen LogP contribution < -0.4 is 10.5 Å². The lowest BCUT2D eigenvalue weighted by Gasteiger charge is -2.11. The Labute approximate surface area is 136 Å². The molecule has 2 aromatic rings. The van der Waals surface area contributed by atoms with Crippen LogP contribution in [-0.2, 0) is 22.5 Å². The van der Waals surface area contributed by atoms with Gasteiger partial charge < -0.3 is 19.9 Å². The molecule has 0 radical (unpaired) electrons. The second-order valence-corrected chi connectivity index (χ2v) is 5.03. The van der Waals surface area contributed by atoms with Crippen LogP contribution in [0.2, 0.25) is 0 Å². The Morgan fingerprint density at radius 1 is 1.09 bits per heavy atom. The van der Waals surface area contributed by atoms with Crippen molar-refractivity contribution in [2.45, 2.75) is 13.0 Å². The van der Waals surface area contributed by atoms with Crippen molar-refractivity contribution in [3.63, 3.8) is 0 Å². The molecule has 2 N–H and O–H groups in total. The monoisotopic (exact) mass is 315 g/mol. The number of methoxy groups -OCH3 is 1. The van der Waals surface area contributed by atoms with Gasteiger partial charge in [0.1, 0.15) is 19.1 Å². The predicted octanol–water partition coefficient (Wildman–Crippen LogP) is 2.53. The van der Waals surface area contributed by atoms with E-state index < -0.39 is 5.91 Å². The van der Waals surface area contributed by atoms with Gasteiger partial charge in [0.25, 0.3) is 5.91 Å². The first-order valence-electron chi connectivity index (χ1n) is 7.37. The number of carbonyl (C=O) groups excluding carboxylic acids is 1. The summed E-state index contributed by atoms with van der Waals surface area (Å²) in [5.74, 6) is -0.0179. The highest BCUT2D eigenvalue weighted by atomic mass is 16.7. The molecule has 0 fully saturated rings. The molecule has 0 saturated carbocycles. The van der Waals surface area contributed by atoms with Crippen molar-refractivity contribution < 1.29 is 19.0 Å². The van der Waals surface area contributed by atoms with Gasteiger partial charge in [-0.1, -0.05) is 36.4 Å². The lowest BCUT2D eigenvalue weighted by atomic mass is 10.1. The smallest absolute Gasteiger partial charge is 0.252 e. The van der Waals surface area contributed by atoms with E-state index in [0.717, 1.165) is 11.1 Å². The van der Waals surface area contributed by atoms with Gasteiger partial charge in [-0.25, -0.2) is 0 Å². The van der Waals surface area contributed by atoms with Crippen LogP contribution in [0.25, 0.3) is 0 Å². The van der Waals surface area contributed by atoms with E-state index in [1.54, 1.807) is 19.2 Å². The zero-order valence-electron chi connectivity index (χ0n) is 13.2. The summed E-state index contributed by atoms with van der Waals surface area (Å²) in [4.78, 5) is 11.7. The molecule has 0 aliphatic heterocycles. The van der Waals surface area contributed by atoms with E-state index in [1.807, 2.05) is 36.4 Å². The minimum Gasteiger partial charge on any atom is -0.488 e. The maximum atomic E-state index is 11.7. The van der Waals surface area contributed by atoms with Crippen LogP contribution >= 0.6 is 0 Å². The summed E-state index contributed by atoms with van der Waals surface area (Å²) in [6.45, 7) is 1.15. The Morgan fingerprint density at radius 3 is 2.57 bits per heavy atom. The third-order valence-electron chi connectivity index (χ3n) is 3.28. The van der Waals surface area contributed by atoms with E-state index in [2.05, 4.69) is 0 Å². The van der Waals surface area contributed by atoms with Crippen molar-refractivity contribution in [3.05, 3.63) is 65.2 Å². The predicted molar refractivity (Wildman–Crippen MR) is 87.3 cm³/mol. The molecule has 5 nitrogen and oxygen atoms in total. The molecule has 0 aromatic heterocycles. The molecule has 2 rings (SSSR count). The van der Waals surface area contributed by atoms with Crippen LogP contribution in [0.3, 0.4) is 0 Å². The fourth-order valence-corrected chi connectivity index (χ4v) is 2.12. The van der Waals surface area contributed by atoms with Crippen molar-refractivity contribution in [1.29, 1.82) is 0 Å². The first-order valence-corrected chi connectivity index (χ1v) is 7.37. The molecule has 0 aliphatic carbocycles. The van der Waals surface area contributed by atoms with Crippen LogP contribution in [0, 0.1) is 0 Å². The number of ether oxygens (including phenoxy) is 3. The average Bonchev–Trinajstić information content (AvgIpc) is 2.58. The number of nitrogens with two attached hydrogens (primary N) is 1. The molecule has 122 valence electrons. The third-order valence-corrected chi connectivity index (χ3v) is 3.28. The highest BCUT2D eigenvalue weighted by Gasteiger charge is 2.11. The van der Waals surface area contributed by atoms with Crippen LogP contribution in [-0.4, -0.2) is 26.4 Å².